The van der Waals surface area contributed by atoms with Crippen molar-refractivity contribution < 1.29 is 14.3 Å². The monoisotopic (exact) mass is 483 g/mol. The number of esters is 1. The molecule has 2 atom stereocenters. The van der Waals surface area contributed by atoms with E-state index in [1.54, 1.807) is 18.2 Å². The molecule has 2 aromatic carbocycles. The van der Waals surface area contributed by atoms with Crippen LogP contribution in [0.2, 0.25) is 10.0 Å². The van der Waals surface area contributed by atoms with Gasteiger partial charge >= 0.3 is 5.97 Å². The number of benzene rings is 2. The average molecular weight is 484 g/mol. The van der Waals surface area contributed by atoms with Crippen molar-refractivity contribution in [2.24, 2.45) is 16.3 Å². The highest BCUT2D eigenvalue weighted by Crippen LogP contribution is 2.49. The molecule has 1 unspecified atom stereocenters. The molecule has 0 bridgehead atoms. The third-order valence-corrected chi connectivity index (χ3v) is 6.89. The molecule has 33 heavy (non-hydrogen) atoms. The summed E-state index contributed by atoms with van der Waals surface area (Å²) < 4.78 is 5.70. The van der Waals surface area contributed by atoms with Crippen LogP contribution in [0.3, 0.4) is 0 Å². The van der Waals surface area contributed by atoms with Crippen molar-refractivity contribution >= 4 is 40.7 Å². The van der Waals surface area contributed by atoms with Crippen LogP contribution in [0, 0.1) is 11.3 Å². The lowest BCUT2D eigenvalue weighted by Gasteiger charge is -2.39. The second kappa shape index (κ2) is 9.44. The molecule has 4 nitrogen and oxygen atoms in total. The van der Waals surface area contributed by atoms with Gasteiger partial charge in [0.1, 0.15) is 5.92 Å². The van der Waals surface area contributed by atoms with Crippen molar-refractivity contribution in [1.29, 1.82) is 0 Å². The van der Waals surface area contributed by atoms with E-state index in [4.69, 9.17) is 32.9 Å². The van der Waals surface area contributed by atoms with Crippen LogP contribution in [0.15, 0.2) is 64.8 Å². The van der Waals surface area contributed by atoms with E-state index in [2.05, 4.69) is 13.8 Å². The highest BCUT2D eigenvalue weighted by molar-refractivity contribution is 6.35. The molecule has 6 heteroatoms. The van der Waals surface area contributed by atoms with E-state index in [1.807, 2.05) is 37.3 Å². The van der Waals surface area contributed by atoms with E-state index in [1.165, 1.54) is 0 Å². The quantitative estimate of drug-likeness (QED) is 0.450. The first kappa shape index (κ1) is 23.7. The van der Waals surface area contributed by atoms with E-state index in [9.17, 15) is 9.59 Å². The number of ether oxygens (including phenoxy) is 1. The fourth-order valence-electron chi connectivity index (χ4n) is 4.84. The molecule has 4 rings (SSSR count). The van der Waals surface area contributed by atoms with Crippen LogP contribution in [0.1, 0.15) is 50.7 Å². The fourth-order valence-corrected chi connectivity index (χ4v) is 5.37. The molecule has 0 saturated heterocycles. The van der Waals surface area contributed by atoms with Gasteiger partial charge in [0.2, 0.25) is 0 Å². The molecule has 0 spiro atoms. The number of carbonyl (C=O) groups excluding carboxylic acids is 2. The number of nitrogens with zero attached hydrogens (tertiary/aromatic N) is 1. The largest absolute Gasteiger partial charge is 0.465 e. The summed E-state index contributed by atoms with van der Waals surface area (Å²) in [5.74, 6) is -1.65. The summed E-state index contributed by atoms with van der Waals surface area (Å²) in [6.45, 7) is 6.21. The molecule has 0 N–H and O–H groups in total. The van der Waals surface area contributed by atoms with Crippen LogP contribution in [0.4, 0.5) is 0 Å². The average Bonchev–Trinajstić information content (AvgIpc) is 2.72. The molecule has 2 aromatic rings. The number of aliphatic imine (C=N–C) groups is 1. The van der Waals surface area contributed by atoms with Crippen molar-refractivity contribution in [3.8, 4) is 0 Å². The van der Waals surface area contributed by atoms with Gasteiger partial charge in [-0.2, -0.15) is 0 Å². The highest BCUT2D eigenvalue weighted by Gasteiger charge is 2.46. The van der Waals surface area contributed by atoms with E-state index in [0.29, 0.717) is 46.2 Å². The molecule has 1 aliphatic heterocycles. The minimum Gasteiger partial charge on any atom is -0.465 e. The summed E-state index contributed by atoms with van der Waals surface area (Å²) in [6.07, 6.45) is 1.68. The molecule has 1 aliphatic carbocycles. The van der Waals surface area contributed by atoms with E-state index < -0.39 is 17.8 Å². The second-order valence-electron chi connectivity index (χ2n) is 9.58. The first-order chi connectivity index (χ1) is 15.7. The Kier molecular flexibility index (Phi) is 6.78. The Hall–Kier alpha value is -2.43. The standard InChI is InChI=1S/C27H27Cl2NO3/c1-16-23(26(32)33-12-11-17-7-5-4-6-8-17)24(19-10-9-18(28)13-20(19)29)25-21(30-16)14-27(2,3)15-22(25)31/h4-10,13,23-24H,11-12,14-15H2,1-3H3/t23?,24-/m0/s1. The van der Waals surface area contributed by atoms with Gasteiger partial charge in [-0.25, -0.2) is 0 Å². The Morgan fingerprint density at radius 3 is 2.55 bits per heavy atom. The Morgan fingerprint density at radius 1 is 1.12 bits per heavy atom. The van der Waals surface area contributed by atoms with Crippen LogP contribution in [-0.4, -0.2) is 24.1 Å². The predicted octanol–water partition coefficient (Wildman–Crippen LogP) is 6.60. The molecule has 0 amide bonds. The zero-order chi connectivity index (χ0) is 23.8. The summed E-state index contributed by atoms with van der Waals surface area (Å²) in [7, 11) is 0. The van der Waals surface area contributed by atoms with Crippen LogP contribution in [0.25, 0.3) is 0 Å². The van der Waals surface area contributed by atoms with Gasteiger partial charge in [-0.3, -0.25) is 14.6 Å². The second-order valence-corrected chi connectivity index (χ2v) is 10.4. The topological polar surface area (TPSA) is 55.7 Å². The maximum Gasteiger partial charge on any atom is 0.315 e. The molecule has 172 valence electrons. The van der Waals surface area contributed by atoms with Crippen molar-refractivity contribution in [3.05, 3.63) is 81.0 Å². The summed E-state index contributed by atoms with van der Waals surface area (Å²) in [6, 6.07) is 15.0. The first-order valence-electron chi connectivity index (χ1n) is 11.1. The zero-order valence-corrected chi connectivity index (χ0v) is 20.5. The van der Waals surface area contributed by atoms with Crippen LogP contribution in [0.5, 0.6) is 0 Å². The Morgan fingerprint density at radius 2 is 1.85 bits per heavy atom. The van der Waals surface area contributed by atoms with Crippen LogP contribution >= 0.6 is 23.2 Å². The lowest BCUT2D eigenvalue weighted by atomic mass is 9.67. The van der Waals surface area contributed by atoms with Gasteiger partial charge in [-0.1, -0.05) is 73.4 Å². The maximum atomic E-state index is 13.4. The Bertz CT molecular complexity index is 1150. The van der Waals surface area contributed by atoms with E-state index in [-0.39, 0.29) is 17.8 Å². The van der Waals surface area contributed by atoms with Crippen LogP contribution < -0.4 is 0 Å². The number of halogens is 2. The van der Waals surface area contributed by atoms with Crippen molar-refractivity contribution in [3.63, 3.8) is 0 Å². The number of Topliss-reactive ketones (excluding diaryl/α,β-unsaturated/α-hetero) is 1. The lowest BCUT2D eigenvalue weighted by Crippen LogP contribution is -2.39. The van der Waals surface area contributed by atoms with Gasteiger partial charge in [-0.05, 0) is 42.0 Å². The molecular weight excluding hydrogens is 457 g/mol. The number of carbonyl (C=O) groups is 2. The minimum absolute atomic E-state index is 0.00982. The van der Waals surface area contributed by atoms with Gasteiger partial charge in [0, 0.05) is 45.8 Å². The van der Waals surface area contributed by atoms with Crippen molar-refractivity contribution in [1.82, 2.24) is 0 Å². The van der Waals surface area contributed by atoms with Gasteiger partial charge in [0.25, 0.3) is 0 Å². The smallest absolute Gasteiger partial charge is 0.315 e. The predicted molar refractivity (Wildman–Crippen MR) is 132 cm³/mol. The Balaban J connectivity index is 1.69. The van der Waals surface area contributed by atoms with Gasteiger partial charge in [0.15, 0.2) is 5.78 Å². The highest BCUT2D eigenvalue weighted by atomic mass is 35.5. The third-order valence-electron chi connectivity index (χ3n) is 6.33. The minimum atomic E-state index is -0.719. The molecule has 1 heterocycles. The zero-order valence-electron chi connectivity index (χ0n) is 19.0. The fraction of sp³-hybridized carbons (Fsp3) is 0.370. The summed E-state index contributed by atoms with van der Waals surface area (Å²) in [5.41, 5.74) is 3.57. The molecule has 2 aliphatic rings. The number of hydrogen-bond acceptors (Lipinski definition) is 4. The summed E-state index contributed by atoms with van der Waals surface area (Å²) in [4.78, 5) is 31.4. The van der Waals surface area contributed by atoms with Gasteiger partial charge in [-0.15, -0.1) is 0 Å². The number of hydrogen-bond donors (Lipinski definition) is 0. The maximum absolute atomic E-state index is 13.4. The van der Waals surface area contributed by atoms with Crippen molar-refractivity contribution in [2.45, 2.75) is 46.0 Å². The van der Waals surface area contributed by atoms with E-state index >= 15 is 0 Å². The molecule has 0 saturated carbocycles. The summed E-state index contributed by atoms with van der Waals surface area (Å²) in [5, 5.41) is 0.922. The number of allylic oxidation sites excluding steroid dienone is 2. The SMILES string of the molecule is CC1=NC2=C(C(=O)CC(C)(C)C2)[C@@H](c2ccc(Cl)cc2Cl)C1C(=O)OCCc1ccccc1. The molecular formula is C27H27Cl2NO3. The number of rotatable bonds is 5. The first-order valence-corrected chi connectivity index (χ1v) is 11.9. The van der Waals surface area contributed by atoms with E-state index in [0.717, 1.165) is 11.3 Å². The van der Waals surface area contributed by atoms with Gasteiger partial charge in [0.05, 0.1) is 6.61 Å². The normalized spacial score (nSPS) is 22.0. The molecule has 0 fully saturated rings. The summed E-state index contributed by atoms with van der Waals surface area (Å²) >= 11 is 12.7. The number of ketones is 1. The Labute approximate surface area is 204 Å². The van der Waals surface area contributed by atoms with Crippen molar-refractivity contribution in [2.75, 3.05) is 6.61 Å². The molecule has 0 radical (unpaired) electrons. The lowest BCUT2D eigenvalue weighted by molar-refractivity contribution is -0.146. The van der Waals surface area contributed by atoms with Gasteiger partial charge < -0.3 is 4.74 Å². The third kappa shape index (κ3) is 5.07. The molecule has 0 aromatic heterocycles. The van der Waals surface area contributed by atoms with Crippen LogP contribution in [-0.2, 0) is 20.7 Å².